The van der Waals surface area contributed by atoms with E-state index in [0.717, 1.165) is 31.8 Å². The average Bonchev–Trinajstić information content (AvgIpc) is 3.29. The first kappa shape index (κ1) is 19.9. The average molecular weight is 377 g/mol. The summed E-state index contributed by atoms with van der Waals surface area (Å²) < 4.78 is 0. The molecule has 2 aliphatic rings. The van der Waals surface area contributed by atoms with Crippen LogP contribution in [0.4, 0.5) is 0 Å². The second-order valence-corrected chi connectivity index (χ2v) is 10.4. The van der Waals surface area contributed by atoms with Gasteiger partial charge < -0.3 is 5.32 Å². The van der Waals surface area contributed by atoms with E-state index in [2.05, 4.69) is 55.4 Å². The van der Waals surface area contributed by atoms with E-state index < -0.39 is 0 Å². The van der Waals surface area contributed by atoms with Crippen molar-refractivity contribution in [1.29, 1.82) is 0 Å². The molecule has 1 aliphatic carbocycles. The van der Waals surface area contributed by atoms with Crippen molar-refractivity contribution >= 4 is 17.2 Å². The maximum atomic E-state index is 12.9. The second-order valence-electron chi connectivity index (χ2n) is 9.42. The third kappa shape index (κ3) is 4.69. The lowest BCUT2D eigenvalue weighted by atomic mass is 9.69. The molecule has 0 unspecified atom stereocenters. The van der Waals surface area contributed by atoms with Gasteiger partial charge >= 0.3 is 0 Å². The van der Waals surface area contributed by atoms with Gasteiger partial charge in [0, 0.05) is 16.8 Å². The summed E-state index contributed by atoms with van der Waals surface area (Å²) in [4.78, 5) is 16.9. The molecule has 2 heterocycles. The number of rotatable bonds is 5. The number of thiophene rings is 1. The van der Waals surface area contributed by atoms with E-state index in [-0.39, 0.29) is 17.9 Å². The first-order chi connectivity index (χ1) is 12.4. The van der Waals surface area contributed by atoms with Gasteiger partial charge in [-0.2, -0.15) is 0 Å². The second kappa shape index (κ2) is 8.43. The van der Waals surface area contributed by atoms with Gasteiger partial charge in [-0.3, -0.25) is 9.69 Å². The molecule has 4 heteroatoms. The van der Waals surface area contributed by atoms with Crippen molar-refractivity contribution in [2.75, 3.05) is 13.1 Å². The van der Waals surface area contributed by atoms with Crippen LogP contribution in [0.1, 0.15) is 77.1 Å². The smallest absolute Gasteiger partial charge is 0.223 e. The first-order valence-corrected chi connectivity index (χ1v) is 11.3. The summed E-state index contributed by atoms with van der Waals surface area (Å²) in [5.41, 5.74) is 0.370. The topological polar surface area (TPSA) is 32.3 Å². The van der Waals surface area contributed by atoms with Crippen LogP contribution in [0.3, 0.4) is 0 Å². The molecule has 1 aromatic rings. The molecule has 2 atom stereocenters. The Labute approximate surface area is 163 Å². The van der Waals surface area contributed by atoms with E-state index in [9.17, 15) is 4.79 Å². The molecule has 3 nitrogen and oxygen atoms in total. The summed E-state index contributed by atoms with van der Waals surface area (Å²) in [6.45, 7) is 11.5. The zero-order valence-corrected chi connectivity index (χ0v) is 17.8. The molecule has 1 N–H and O–H groups in total. The number of nitrogens with one attached hydrogen (secondary N) is 1. The fraction of sp³-hybridized carbons (Fsp3) is 0.773. The van der Waals surface area contributed by atoms with Crippen LogP contribution in [0.25, 0.3) is 0 Å². The summed E-state index contributed by atoms with van der Waals surface area (Å²) in [6.07, 6.45) is 7.04. The molecule has 0 spiro atoms. The number of likely N-dealkylation sites (tertiary alicyclic amines) is 1. The molecule has 1 saturated carbocycles. The number of hydrogen-bond donors (Lipinski definition) is 1. The van der Waals surface area contributed by atoms with Crippen LogP contribution in [0.5, 0.6) is 0 Å². The van der Waals surface area contributed by atoms with Gasteiger partial charge in [0.05, 0.1) is 6.04 Å². The maximum Gasteiger partial charge on any atom is 0.223 e. The van der Waals surface area contributed by atoms with Gasteiger partial charge in [-0.05, 0) is 81.3 Å². The van der Waals surface area contributed by atoms with Gasteiger partial charge in [-0.1, -0.05) is 26.8 Å². The van der Waals surface area contributed by atoms with Gasteiger partial charge in [-0.25, -0.2) is 0 Å². The van der Waals surface area contributed by atoms with Crippen LogP contribution in [0, 0.1) is 17.3 Å². The number of amides is 1. The lowest BCUT2D eigenvalue weighted by Gasteiger charge is -2.37. The van der Waals surface area contributed by atoms with Crippen LogP contribution >= 0.6 is 11.3 Å². The maximum absolute atomic E-state index is 12.9. The molecule has 0 aromatic carbocycles. The minimum atomic E-state index is 0.166. The van der Waals surface area contributed by atoms with Crippen molar-refractivity contribution in [3.63, 3.8) is 0 Å². The zero-order chi connectivity index (χ0) is 18.7. The first-order valence-electron chi connectivity index (χ1n) is 10.4. The molecule has 1 saturated heterocycles. The number of nitrogens with zero attached hydrogens (tertiary/aromatic N) is 1. The molecule has 26 heavy (non-hydrogen) atoms. The molecule has 3 rings (SSSR count). The van der Waals surface area contributed by atoms with Crippen LogP contribution in [0.15, 0.2) is 17.5 Å². The van der Waals surface area contributed by atoms with Crippen LogP contribution in [0.2, 0.25) is 0 Å². The summed E-state index contributed by atoms with van der Waals surface area (Å²) in [7, 11) is 0. The fourth-order valence-electron chi connectivity index (χ4n) is 4.86. The molecule has 1 amide bonds. The summed E-state index contributed by atoms with van der Waals surface area (Å²) in [5, 5.41) is 5.55. The van der Waals surface area contributed by atoms with Crippen molar-refractivity contribution in [1.82, 2.24) is 10.2 Å². The van der Waals surface area contributed by atoms with Gasteiger partial charge in [0.2, 0.25) is 5.91 Å². The Morgan fingerprint density at radius 3 is 2.38 bits per heavy atom. The highest BCUT2D eigenvalue weighted by Gasteiger charge is 2.35. The fourth-order valence-corrected chi connectivity index (χ4v) is 5.83. The van der Waals surface area contributed by atoms with E-state index >= 15 is 0 Å². The molecule has 0 bridgehead atoms. The molecule has 0 radical (unpaired) electrons. The van der Waals surface area contributed by atoms with Crippen molar-refractivity contribution in [2.24, 2.45) is 17.3 Å². The molecule has 2 fully saturated rings. The molecular weight excluding hydrogens is 340 g/mol. The molecular formula is C22H36N2OS. The van der Waals surface area contributed by atoms with Crippen molar-refractivity contribution < 1.29 is 4.79 Å². The lowest BCUT2D eigenvalue weighted by Crippen LogP contribution is -2.46. The van der Waals surface area contributed by atoms with Gasteiger partial charge in [0.25, 0.3) is 0 Å². The monoisotopic (exact) mass is 376 g/mol. The van der Waals surface area contributed by atoms with E-state index in [1.165, 1.54) is 30.6 Å². The Balaban J connectivity index is 1.59. The Bertz CT molecular complexity index is 563. The van der Waals surface area contributed by atoms with E-state index in [0.29, 0.717) is 11.5 Å². The molecule has 146 valence electrons. The quantitative estimate of drug-likeness (QED) is 0.762. The summed E-state index contributed by atoms with van der Waals surface area (Å²) >= 11 is 1.82. The van der Waals surface area contributed by atoms with Gasteiger partial charge in [0.1, 0.15) is 0 Å². The van der Waals surface area contributed by atoms with Crippen molar-refractivity contribution in [2.45, 2.75) is 78.3 Å². The molecule has 1 aromatic heterocycles. The summed E-state index contributed by atoms with van der Waals surface area (Å²) in [5.74, 6) is 1.25. The Kier molecular flexibility index (Phi) is 6.45. The standard InChI is InChI=1S/C22H36N2OS/c1-16(20(19-8-7-15-26-19)24-13-5-6-14-24)23-21(25)17-9-11-18(12-10-17)22(2,3)4/h7-8,15-18,20H,5-6,9-14H2,1-4H3,(H,23,25)/t16-,17?,18?,20-/m1/s1. The normalized spacial score (nSPS) is 27.2. The number of carbonyl (C=O) groups excluding carboxylic acids is 1. The minimum absolute atomic E-state index is 0.166. The third-order valence-corrected chi connectivity index (χ3v) is 7.48. The van der Waals surface area contributed by atoms with Crippen LogP contribution < -0.4 is 5.32 Å². The highest BCUT2D eigenvalue weighted by atomic mass is 32.1. The predicted octanol–water partition coefficient (Wildman–Crippen LogP) is 5.24. The van der Waals surface area contributed by atoms with E-state index in [4.69, 9.17) is 0 Å². The van der Waals surface area contributed by atoms with Crippen molar-refractivity contribution in [3.8, 4) is 0 Å². The molecule has 1 aliphatic heterocycles. The minimum Gasteiger partial charge on any atom is -0.351 e. The summed E-state index contributed by atoms with van der Waals surface area (Å²) in [6, 6.07) is 4.85. The van der Waals surface area contributed by atoms with Crippen LogP contribution in [-0.4, -0.2) is 29.9 Å². The highest BCUT2D eigenvalue weighted by Crippen LogP contribution is 2.40. The van der Waals surface area contributed by atoms with Gasteiger partial charge in [0.15, 0.2) is 0 Å². The van der Waals surface area contributed by atoms with Crippen LogP contribution in [-0.2, 0) is 4.79 Å². The largest absolute Gasteiger partial charge is 0.351 e. The Morgan fingerprint density at radius 1 is 1.19 bits per heavy atom. The lowest BCUT2D eigenvalue weighted by molar-refractivity contribution is -0.127. The van der Waals surface area contributed by atoms with E-state index in [1.807, 2.05) is 11.3 Å². The number of hydrogen-bond acceptors (Lipinski definition) is 3. The Morgan fingerprint density at radius 2 is 1.85 bits per heavy atom. The van der Waals surface area contributed by atoms with Crippen molar-refractivity contribution in [3.05, 3.63) is 22.4 Å². The van der Waals surface area contributed by atoms with E-state index in [1.54, 1.807) is 0 Å². The predicted molar refractivity (Wildman–Crippen MR) is 110 cm³/mol. The zero-order valence-electron chi connectivity index (χ0n) is 17.0. The number of carbonyl (C=O) groups is 1. The SMILES string of the molecule is C[C@@H](NC(=O)C1CCC(C(C)(C)C)CC1)[C@H](c1cccs1)N1CCCC1. The third-order valence-electron chi connectivity index (χ3n) is 6.53. The van der Waals surface area contributed by atoms with Gasteiger partial charge in [-0.15, -0.1) is 11.3 Å². The highest BCUT2D eigenvalue weighted by molar-refractivity contribution is 7.10. The Hall–Kier alpha value is -0.870.